The average Bonchev–Trinajstić information content (AvgIpc) is 3.09. The summed E-state index contributed by atoms with van der Waals surface area (Å²) in [5, 5.41) is 0. The molecular weight excluding hydrogens is 400 g/mol. The molecule has 1 fully saturated rings. The van der Waals surface area contributed by atoms with Crippen LogP contribution in [0, 0.1) is 11.3 Å². The van der Waals surface area contributed by atoms with Gasteiger partial charge in [0.15, 0.2) is 0 Å². The SMILES string of the molecule is CCOC(=O)[C@H]1CC(C(=O)OC)(/C(=C/C(=O)OC)C(=O)OC)C[C@H]2C=C[C@@]1(OC)O2. The summed E-state index contributed by atoms with van der Waals surface area (Å²) in [5.41, 5.74) is -2.07. The van der Waals surface area contributed by atoms with Crippen LogP contribution in [0.1, 0.15) is 19.8 Å². The maximum atomic E-state index is 13.1. The van der Waals surface area contributed by atoms with Crippen molar-refractivity contribution in [3.8, 4) is 0 Å². The lowest BCUT2D eigenvalue weighted by molar-refractivity contribution is -0.224. The van der Waals surface area contributed by atoms with Crippen molar-refractivity contribution in [2.75, 3.05) is 35.0 Å². The number of ether oxygens (including phenoxy) is 6. The van der Waals surface area contributed by atoms with Crippen molar-refractivity contribution in [1.82, 2.24) is 0 Å². The summed E-state index contributed by atoms with van der Waals surface area (Å²) in [6.07, 6.45) is 2.98. The highest BCUT2D eigenvalue weighted by Gasteiger charge is 2.60. The molecule has 0 saturated carbocycles. The predicted molar refractivity (Wildman–Crippen MR) is 99.7 cm³/mol. The Morgan fingerprint density at radius 3 is 2.30 bits per heavy atom. The van der Waals surface area contributed by atoms with E-state index in [1.807, 2.05) is 0 Å². The second-order valence-corrected chi connectivity index (χ2v) is 6.80. The Balaban J connectivity index is 2.73. The van der Waals surface area contributed by atoms with Crippen LogP contribution in [0.3, 0.4) is 0 Å². The molecule has 1 unspecified atom stereocenters. The van der Waals surface area contributed by atoms with Gasteiger partial charge in [0, 0.05) is 13.2 Å². The zero-order chi connectivity index (χ0) is 22.5. The molecule has 2 aliphatic heterocycles. The van der Waals surface area contributed by atoms with E-state index >= 15 is 0 Å². The van der Waals surface area contributed by atoms with E-state index in [1.54, 1.807) is 19.1 Å². The minimum absolute atomic E-state index is 0.0787. The third-order valence-electron chi connectivity index (χ3n) is 5.32. The molecule has 0 aliphatic carbocycles. The lowest BCUT2D eigenvalue weighted by atomic mass is 9.68. The fraction of sp³-hybridized carbons (Fsp3) is 0.600. The van der Waals surface area contributed by atoms with Crippen molar-refractivity contribution >= 4 is 23.9 Å². The molecule has 0 spiro atoms. The second-order valence-electron chi connectivity index (χ2n) is 6.80. The predicted octanol–water partition coefficient (Wildman–Crippen LogP) is 0.689. The molecule has 0 N–H and O–H groups in total. The topological polar surface area (TPSA) is 124 Å². The molecule has 2 heterocycles. The van der Waals surface area contributed by atoms with Crippen molar-refractivity contribution in [3.63, 3.8) is 0 Å². The molecule has 10 nitrogen and oxygen atoms in total. The molecule has 0 radical (unpaired) electrons. The van der Waals surface area contributed by atoms with Crippen molar-refractivity contribution < 1.29 is 47.6 Å². The van der Waals surface area contributed by atoms with Crippen molar-refractivity contribution in [2.45, 2.75) is 31.7 Å². The quantitative estimate of drug-likeness (QED) is 0.248. The van der Waals surface area contributed by atoms with Gasteiger partial charge in [-0.05, 0) is 25.8 Å². The van der Waals surface area contributed by atoms with Gasteiger partial charge in [0.2, 0.25) is 5.79 Å². The van der Waals surface area contributed by atoms with E-state index in [0.717, 1.165) is 27.4 Å². The van der Waals surface area contributed by atoms with Crippen molar-refractivity contribution in [3.05, 3.63) is 23.8 Å². The van der Waals surface area contributed by atoms with E-state index in [4.69, 9.17) is 23.7 Å². The molecule has 0 aromatic heterocycles. The van der Waals surface area contributed by atoms with E-state index in [-0.39, 0.29) is 25.0 Å². The summed E-state index contributed by atoms with van der Waals surface area (Å²) in [4.78, 5) is 50.6. The molecule has 10 heteroatoms. The number of hydrogen-bond donors (Lipinski definition) is 0. The molecule has 2 aliphatic rings. The maximum Gasteiger partial charge on any atom is 0.335 e. The first-order chi connectivity index (χ1) is 14.2. The lowest BCUT2D eigenvalue weighted by Gasteiger charge is -2.36. The first kappa shape index (κ1) is 23.6. The fourth-order valence-electron chi connectivity index (χ4n) is 3.90. The molecule has 2 bridgehead atoms. The van der Waals surface area contributed by atoms with Crippen molar-refractivity contribution in [2.24, 2.45) is 11.3 Å². The number of carbonyl (C=O) groups excluding carboxylic acids is 4. The van der Waals surface area contributed by atoms with Crippen LogP contribution in [0.15, 0.2) is 23.8 Å². The van der Waals surface area contributed by atoms with Gasteiger partial charge in [-0.15, -0.1) is 0 Å². The van der Waals surface area contributed by atoms with Gasteiger partial charge in [-0.3, -0.25) is 9.59 Å². The molecule has 0 amide bonds. The Bertz CT molecular complexity index is 770. The van der Waals surface area contributed by atoms with Gasteiger partial charge >= 0.3 is 23.9 Å². The molecule has 0 aromatic carbocycles. The Hall–Kier alpha value is -2.72. The molecule has 4 atom stereocenters. The molecule has 166 valence electrons. The van der Waals surface area contributed by atoms with E-state index < -0.39 is 47.1 Å². The highest BCUT2D eigenvalue weighted by atomic mass is 16.7. The molecule has 2 rings (SSSR count). The number of fused-ring (bicyclic) bond motifs is 2. The third-order valence-corrected chi connectivity index (χ3v) is 5.32. The van der Waals surface area contributed by atoms with Crippen LogP contribution in [-0.2, 0) is 47.6 Å². The Morgan fingerprint density at radius 1 is 1.07 bits per heavy atom. The number of hydrogen-bond acceptors (Lipinski definition) is 10. The average molecular weight is 426 g/mol. The van der Waals surface area contributed by atoms with Gasteiger partial charge in [0.25, 0.3) is 0 Å². The Morgan fingerprint density at radius 2 is 1.77 bits per heavy atom. The van der Waals surface area contributed by atoms with Gasteiger partial charge < -0.3 is 28.4 Å². The fourth-order valence-corrected chi connectivity index (χ4v) is 3.90. The molecular formula is C20H26O10. The minimum atomic E-state index is -1.76. The van der Waals surface area contributed by atoms with E-state index in [9.17, 15) is 19.2 Å². The van der Waals surface area contributed by atoms with Crippen LogP contribution in [0.4, 0.5) is 0 Å². The largest absolute Gasteiger partial charge is 0.468 e. The van der Waals surface area contributed by atoms with Gasteiger partial charge in [0.1, 0.15) is 11.3 Å². The Kier molecular flexibility index (Phi) is 7.38. The third kappa shape index (κ3) is 4.10. The van der Waals surface area contributed by atoms with E-state index in [2.05, 4.69) is 4.74 Å². The summed E-state index contributed by atoms with van der Waals surface area (Å²) in [6.45, 7) is 1.71. The summed E-state index contributed by atoms with van der Waals surface area (Å²) in [6, 6.07) is 0. The smallest absolute Gasteiger partial charge is 0.335 e. The number of rotatable bonds is 7. The second kappa shape index (κ2) is 9.40. The van der Waals surface area contributed by atoms with Crippen LogP contribution in [0.2, 0.25) is 0 Å². The highest BCUT2D eigenvalue weighted by molar-refractivity contribution is 6.03. The highest BCUT2D eigenvalue weighted by Crippen LogP contribution is 2.51. The van der Waals surface area contributed by atoms with Gasteiger partial charge in [-0.2, -0.15) is 0 Å². The Labute approximate surface area is 174 Å². The summed E-state index contributed by atoms with van der Waals surface area (Å²) in [5.74, 6) is -5.99. The number of methoxy groups -OCH3 is 4. The van der Waals surface area contributed by atoms with Gasteiger partial charge in [0.05, 0.1) is 39.6 Å². The van der Waals surface area contributed by atoms with Crippen LogP contribution >= 0.6 is 0 Å². The normalized spacial score (nSPS) is 30.2. The van der Waals surface area contributed by atoms with Gasteiger partial charge in [-0.1, -0.05) is 6.08 Å². The minimum Gasteiger partial charge on any atom is -0.468 e. The molecule has 1 saturated heterocycles. The van der Waals surface area contributed by atoms with Crippen LogP contribution in [-0.4, -0.2) is 70.8 Å². The standard InChI is InChI=1S/C20H26O10/c1-6-29-17(23)14-11-19(18(24)27-4,10-12-7-8-20(14,28-5)30-12)13(16(22)26-3)9-15(21)25-2/h7-9,12,14H,6,10-11H2,1-5H3/b13-9+/t12-,14-,19?,20-/m1/s1. The maximum absolute atomic E-state index is 13.1. The lowest BCUT2D eigenvalue weighted by Crippen LogP contribution is -2.47. The van der Waals surface area contributed by atoms with Crippen LogP contribution in [0.25, 0.3) is 0 Å². The first-order valence-corrected chi connectivity index (χ1v) is 9.29. The van der Waals surface area contributed by atoms with E-state index in [0.29, 0.717) is 0 Å². The first-order valence-electron chi connectivity index (χ1n) is 9.29. The molecule has 0 aromatic rings. The zero-order valence-electron chi connectivity index (χ0n) is 17.6. The van der Waals surface area contributed by atoms with Crippen LogP contribution in [0.5, 0.6) is 0 Å². The summed E-state index contributed by atoms with van der Waals surface area (Å²) in [7, 11) is 4.73. The summed E-state index contributed by atoms with van der Waals surface area (Å²) < 4.78 is 31.1. The molecule has 30 heavy (non-hydrogen) atoms. The number of carbonyl (C=O) groups is 4. The zero-order valence-corrected chi connectivity index (χ0v) is 17.6. The van der Waals surface area contributed by atoms with Gasteiger partial charge in [-0.25, -0.2) is 9.59 Å². The number of esters is 4. The van der Waals surface area contributed by atoms with E-state index in [1.165, 1.54) is 7.11 Å². The van der Waals surface area contributed by atoms with Crippen LogP contribution < -0.4 is 0 Å². The monoisotopic (exact) mass is 426 g/mol. The summed E-state index contributed by atoms with van der Waals surface area (Å²) >= 11 is 0. The van der Waals surface area contributed by atoms with Crippen molar-refractivity contribution in [1.29, 1.82) is 0 Å².